The van der Waals surface area contributed by atoms with Gasteiger partial charge in [0.1, 0.15) is 5.82 Å². The van der Waals surface area contributed by atoms with Crippen molar-refractivity contribution in [1.82, 2.24) is 19.7 Å². The van der Waals surface area contributed by atoms with Crippen LogP contribution in [-0.2, 0) is 16.1 Å². The van der Waals surface area contributed by atoms with Gasteiger partial charge in [-0.05, 0) is 32.6 Å². The van der Waals surface area contributed by atoms with Crippen molar-refractivity contribution in [1.29, 1.82) is 0 Å². The van der Waals surface area contributed by atoms with Gasteiger partial charge in [0, 0.05) is 25.6 Å². The molecule has 0 bridgehead atoms. The van der Waals surface area contributed by atoms with E-state index in [2.05, 4.69) is 21.7 Å². The van der Waals surface area contributed by atoms with Crippen LogP contribution in [0.2, 0.25) is 0 Å². The Morgan fingerprint density at radius 3 is 2.74 bits per heavy atom. The van der Waals surface area contributed by atoms with Gasteiger partial charge in [-0.15, -0.1) is 10.2 Å². The predicted octanol–water partition coefficient (Wildman–Crippen LogP) is 0.991. The second-order valence-corrected chi connectivity index (χ2v) is 7.17. The molecule has 1 atom stereocenters. The van der Waals surface area contributed by atoms with Crippen molar-refractivity contribution in [3.8, 4) is 0 Å². The van der Waals surface area contributed by atoms with Gasteiger partial charge >= 0.3 is 0 Å². The molecular formula is C15H23N5O2S. The molecule has 2 N–H and O–H groups in total. The van der Waals surface area contributed by atoms with Gasteiger partial charge in [0.05, 0.1) is 11.7 Å². The molecule has 2 fully saturated rings. The molecule has 3 rings (SSSR count). The third kappa shape index (κ3) is 3.68. The van der Waals surface area contributed by atoms with Crippen molar-refractivity contribution in [2.24, 2.45) is 11.7 Å². The first kappa shape index (κ1) is 16.3. The Morgan fingerprint density at radius 1 is 1.30 bits per heavy atom. The Morgan fingerprint density at radius 2 is 2.09 bits per heavy atom. The van der Waals surface area contributed by atoms with Crippen LogP contribution >= 0.6 is 11.8 Å². The van der Waals surface area contributed by atoms with Gasteiger partial charge < -0.3 is 15.2 Å². The highest BCUT2D eigenvalue weighted by Crippen LogP contribution is 2.40. The summed E-state index contributed by atoms with van der Waals surface area (Å²) in [5.41, 5.74) is 5.37. The average Bonchev–Trinajstić information content (AvgIpc) is 3.32. The molecule has 0 aromatic carbocycles. The summed E-state index contributed by atoms with van der Waals surface area (Å²) >= 11 is 1.43. The summed E-state index contributed by atoms with van der Waals surface area (Å²) in [6.45, 7) is 4.05. The molecule has 2 amide bonds. The molecule has 0 unspecified atom stereocenters. The molecule has 0 radical (unpaired) electrons. The van der Waals surface area contributed by atoms with Crippen LogP contribution in [0.15, 0.2) is 5.16 Å². The monoisotopic (exact) mass is 337 g/mol. The standard InChI is InChI=1S/C15H23N5O2S/c1-2-20-14(10-5-6-10)17-18-15(20)23-9-12(21)19-7-3-4-11(8-19)13(16)22/h10-11H,2-9H2,1H3,(H2,16,22)/t11-/m0/s1. The van der Waals surface area contributed by atoms with E-state index in [1.165, 1.54) is 24.6 Å². The number of thioether (sulfide) groups is 1. The maximum Gasteiger partial charge on any atom is 0.233 e. The van der Waals surface area contributed by atoms with E-state index >= 15 is 0 Å². The third-order valence-corrected chi connectivity index (χ3v) is 5.46. The predicted molar refractivity (Wildman–Crippen MR) is 86.9 cm³/mol. The number of nitrogens with zero attached hydrogens (tertiary/aromatic N) is 4. The molecule has 126 valence electrons. The van der Waals surface area contributed by atoms with Gasteiger partial charge in [0.25, 0.3) is 0 Å². The van der Waals surface area contributed by atoms with Gasteiger partial charge in [0.15, 0.2) is 5.16 Å². The minimum absolute atomic E-state index is 0.0413. The number of hydrogen-bond acceptors (Lipinski definition) is 5. The lowest BCUT2D eigenvalue weighted by molar-refractivity contribution is -0.132. The largest absolute Gasteiger partial charge is 0.369 e. The first-order valence-corrected chi connectivity index (χ1v) is 9.21. The summed E-state index contributed by atoms with van der Waals surface area (Å²) in [5, 5.41) is 9.33. The Balaban J connectivity index is 1.57. The van der Waals surface area contributed by atoms with E-state index in [0.717, 1.165) is 30.4 Å². The van der Waals surface area contributed by atoms with Crippen molar-refractivity contribution >= 4 is 23.6 Å². The Kier molecular flexibility index (Phi) is 4.89. The summed E-state index contributed by atoms with van der Waals surface area (Å²) in [7, 11) is 0. The molecule has 1 aromatic heterocycles. The second kappa shape index (κ2) is 6.90. The highest BCUT2D eigenvalue weighted by Gasteiger charge is 2.31. The summed E-state index contributed by atoms with van der Waals surface area (Å²) in [6.07, 6.45) is 3.98. The fraction of sp³-hybridized carbons (Fsp3) is 0.733. The SMILES string of the molecule is CCn1c(SCC(=O)N2CCC[C@H](C(N)=O)C2)nnc1C1CC1. The number of hydrogen-bond donors (Lipinski definition) is 1. The first-order valence-electron chi connectivity index (χ1n) is 8.23. The topological polar surface area (TPSA) is 94.1 Å². The zero-order valence-corrected chi connectivity index (χ0v) is 14.2. The molecule has 2 heterocycles. The molecule has 1 saturated carbocycles. The van der Waals surface area contributed by atoms with Crippen LogP contribution in [0.5, 0.6) is 0 Å². The molecule has 8 heteroatoms. The molecule has 1 saturated heterocycles. The number of primary amides is 1. The smallest absolute Gasteiger partial charge is 0.233 e. The summed E-state index contributed by atoms with van der Waals surface area (Å²) in [6, 6.07) is 0. The Hall–Kier alpha value is -1.57. The Bertz CT molecular complexity index is 599. The van der Waals surface area contributed by atoms with Crippen molar-refractivity contribution in [2.45, 2.75) is 50.2 Å². The molecule has 7 nitrogen and oxygen atoms in total. The van der Waals surface area contributed by atoms with Crippen LogP contribution in [-0.4, -0.2) is 50.3 Å². The van der Waals surface area contributed by atoms with E-state index in [1.54, 1.807) is 4.90 Å². The van der Waals surface area contributed by atoms with Gasteiger partial charge in [-0.25, -0.2) is 0 Å². The van der Waals surface area contributed by atoms with Crippen molar-refractivity contribution < 1.29 is 9.59 Å². The normalized spacial score (nSPS) is 21.4. The summed E-state index contributed by atoms with van der Waals surface area (Å²) < 4.78 is 2.11. The number of likely N-dealkylation sites (tertiary alicyclic amines) is 1. The number of piperidine rings is 1. The van der Waals surface area contributed by atoms with Crippen LogP contribution in [0.3, 0.4) is 0 Å². The van der Waals surface area contributed by atoms with Gasteiger partial charge in [0.2, 0.25) is 11.8 Å². The maximum absolute atomic E-state index is 12.4. The van der Waals surface area contributed by atoms with Gasteiger partial charge in [-0.3, -0.25) is 9.59 Å². The number of carbonyl (C=O) groups excluding carboxylic acids is 2. The molecule has 2 aliphatic rings. The van der Waals surface area contributed by atoms with E-state index in [4.69, 9.17) is 5.73 Å². The lowest BCUT2D eigenvalue weighted by atomic mass is 9.97. The van der Waals surface area contributed by atoms with Crippen LogP contribution in [0.1, 0.15) is 44.3 Å². The summed E-state index contributed by atoms with van der Waals surface area (Å²) in [5.74, 6) is 1.45. The van der Waals surface area contributed by atoms with E-state index < -0.39 is 0 Å². The molecular weight excluding hydrogens is 314 g/mol. The number of nitrogens with two attached hydrogens (primary N) is 1. The van der Waals surface area contributed by atoms with E-state index in [-0.39, 0.29) is 17.7 Å². The lowest BCUT2D eigenvalue weighted by Crippen LogP contribution is -2.44. The number of carbonyl (C=O) groups is 2. The second-order valence-electron chi connectivity index (χ2n) is 6.23. The molecule has 1 aromatic rings. The third-order valence-electron chi connectivity index (χ3n) is 4.51. The number of aromatic nitrogens is 3. The lowest BCUT2D eigenvalue weighted by Gasteiger charge is -2.31. The number of rotatable bonds is 6. The van der Waals surface area contributed by atoms with Crippen LogP contribution in [0.4, 0.5) is 0 Å². The Labute approximate surface area is 140 Å². The quantitative estimate of drug-likeness (QED) is 0.781. The minimum Gasteiger partial charge on any atom is -0.369 e. The molecule has 1 aliphatic carbocycles. The van der Waals surface area contributed by atoms with Crippen LogP contribution in [0, 0.1) is 5.92 Å². The van der Waals surface area contributed by atoms with Crippen LogP contribution in [0.25, 0.3) is 0 Å². The molecule has 0 spiro atoms. The summed E-state index contributed by atoms with van der Waals surface area (Å²) in [4.78, 5) is 25.5. The van der Waals surface area contributed by atoms with Crippen molar-refractivity contribution in [2.75, 3.05) is 18.8 Å². The van der Waals surface area contributed by atoms with E-state index in [1.807, 2.05) is 0 Å². The van der Waals surface area contributed by atoms with Gasteiger partial charge in [-0.1, -0.05) is 11.8 Å². The zero-order chi connectivity index (χ0) is 16.4. The highest BCUT2D eigenvalue weighted by atomic mass is 32.2. The highest BCUT2D eigenvalue weighted by molar-refractivity contribution is 7.99. The zero-order valence-electron chi connectivity index (χ0n) is 13.4. The fourth-order valence-corrected chi connectivity index (χ4v) is 3.91. The van der Waals surface area contributed by atoms with E-state index in [0.29, 0.717) is 24.8 Å². The molecule has 1 aliphatic heterocycles. The van der Waals surface area contributed by atoms with Crippen molar-refractivity contribution in [3.05, 3.63) is 5.82 Å². The minimum atomic E-state index is -0.310. The number of amides is 2. The van der Waals surface area contributed by atoms with E-state index in [9.17, 15) is 9.59 Å². The molecule has 23 heavy (non-hydrogen) atoms. The average molecular weight is 337 g/mol. The maximum atomic E-state index is 12.4. The van der Waals surface area contributed by atoms with Crippen LogP contribution < -0.4 is 5.73 Å². The first-order chi connectivity index (χ1) is 11.1. The van der Waals surface area contributed by atoms with Crippen molar-refractivity contribution in [3.63, 3.8) is 0 Å². The van der Waals surface area contributed by atoms with Gasteiger partial charge in [-0.2, -0.15) is 0 Å². The fourth-order valence-electron chi connectivity index (χ4n) is 3.00.